The Hall–Kier alpha value is -1.06. The van der Waals surface area contributed by atoms with Gasteiger partial charge < -0.3 is 14.6 Å². The normalized spacial score (nSPS) is 23.3. The number of hydrogen-bond donors (Lipinski definition) is 1. The quantitative estimate of drug-likeness (QED) is 0.885. The van der Waals surface area contributed by atoms with Crippen LogP contribution in [0.1, 0.15) is 51.7 Å². The van der Waals surface area contributed by atoms with Crippen LogP contribution in [0.15, 0.2) is 24.3 Å². The Morgan fingerprint density at radius 2 is 2.05 bits per heavy atom. The summed E-state index contributed by atoms with van der Waals surface area (Å²) in [6.45, 7) is 6.80. The summed E-state index contributed by atoms with van der Waals surface area (Å²) in [6, 6.07) is 7.66. The zero-order chi connectivity index (χ0) is 13.9. The highest BCUT2D eigenvalue weighted by molar-refractivity contribution is 5.28. The summed E-state index contributed by atoms with van der Waals surface area (Å²) in [5.41, 5.74) is 0.927. The SMILES string of the molecule is CC[C@H](O)c1ccc(OCC2CCC(C)(C)O2)cc1. The molecular weight excluding hydrogens is 240 g/mol. The Balaban J connectivity index is 1.84. The summed E-state index contributed by atoms with van der Waals surface area (Å²) in [7, 11) is 0. The fourth-order valence-corrected chi connectivity index (χ4v) is 2.41. The van der Waals surface area contributed by atoms with Crippen LogP contribution in [-0.2, 0) is 4.74 Å². The van der Waals surface area contributed by atoms with Crippen molar-refractivity contribution in [3.05, 3.63) is 29.8 Å². The number of rotatable bonds is 5. The fraction of sp³-hybridized carbons (Fsp3) is 0.625. The summed E-state index contributed by atoms with van der Waals surface area (Å²) < 4.78 is 11.6. The first-order valence-electron chi connectivity index (χ1n) is 7.09. The third kappa shape index (κ3) is 3.95. The van der Waals surface area contributed by atoms with Gasteiger partial charge in [0.1, 0.15) is 12.4 Å². The Morgan fingerprint density at radius 3 is 2.58 bits per heavy atom. The Labute approximate surface area is 115 Å². The van der Waals surface area contributed by atoms with Crippen molar-refractivity contribution in [2.45, 2.75) is 57.8 Å². The van der Waals surface area contributed by atoms with Gasteiger partial charge in [0.15, 0.2) is 0 Å². The lowest BCUT2D eigenvalue weighted by molar-refractivity contribution is -0.0326. The van der Waals surface area contributed by atoms with Gasteiger partial charge >= 0.3 is 0 Å². The summed E-state index contributed by atoms with van der Waals surface area (Å²) in [6.07, 6.45) is 2.68. The van der Waals surface area contributed by atoms with E-state index in [4.69, 9.17) is 9.47 Å². The topological polar surface area (TPSA) is 38.7 Å². The van der Waals surface area contributed by atoms with Gasteiger partial charge in [0.2, 0.25) is 0 Å². The average Bonchev–Trinajstić information content (AvgIpc) is 2.76. The number of hydrogen-bond acceptors (Lipinski definition) is 3. The van der Waals surface area contributed by atoms with Crippen LogP contribution in [0, 0.1) is 0 Å². The van der Waals surface area contributed by atoms with Crippen LogP contribution in [0.25, 0.3) is 0 Å². The van der Waals surface area contributed by atoms with Crippen LogP contribution < -0.4 is 4.74 Å². The van der Waals surface area contributed by atoms with Crippen molar-refractivity contribution < 1.29 is 14.6 Å². The van der Waals surface area contributed by atoms with Gasteiger partial charge in [-0.2, -0.15) is 0 Å². The molecule has 1 aromatic rings. The van der Waals surface area contributed by atoms with E-state index < -0.39 is 0 Å². The molecule has 1 aliphatic rings. The van der Waals surface area contributed by atoms with E-state index in [0.29, 0.717) is 6.61 Å². The van der Waals surface area contributed by atoms with Crippen molar-refractivity contribution in [2.24, 2.45) is 0 Å². The van der Waals surface area contributed by atoms with Crippen LogP contribution >= 0.6 is 0 Å². The third-order valence-electron chi connectivity index (χ3n) is 3.64. The molecule has 0 aliphatic carbocycles. The molecule has 106 valence electrons. The van der Waals surface area contributed by atoms with E-state index in [9.17, 15) is 5.11 Å². The first-order valence-corrected chi connectivity index (χ1v) is 7.09. The van der Waals surface area contributed by atoms with Crippen molar-refractivity contribution >= 4 is 0 Å². The number of aliphatic hydroxyl groups excluding tert-OH is 1. The molecule has 0 bridgehead atoms. The van der Waals surface area contributed by atoms with Crippen LogP contribution in [-0.4, -0.2) is 23.4 Å². The predicted octanol–water partition coefficient (Wildman–Crippen LogP) is 3.47. The molecule has 0 spiro atoms. The van der Waals surface area contributed by atoms with Crippen molar-refractivity contribution in [1.82, 2.24) is 0 Å². The minimum Gasteiger partial charge on any atom is -0.491 e. The molecule has 0 amide bonds. The van der Waals surface area contributed by atoms with Crippen LogP contribution in [0.2, 0.25) is 0 Å². The van der Waals surface area contributed by atoms with E-state index >= 15 is 0 Å². The Morgan fingerprint density at radius 1 is 1.37 bits per heavy atom. The minimum atomic E-state index is -0.381. The van der Waals surface area contributed by atoms with Gasteiger partial charge in [0, 0.05) is 0 Å². The van der Waals surface area contributed by atoms with E-state index in [1.54, 1.807) is 0 Å². The highest BCUT2D eigenvalue weighted by Gasteiger charge is 2.31. The van der Waals surface area contributed by atoms with E-state index in [1.165, 1.54) is 0 Å². The molecule has 1 N–H and O–H groups in total. The van der Waals surface area contributed by atoms with E-state index in [-0.39, 0.29) is 17.8 Å². The number of benzene rings is 1. The zero-order valence-electron chi connectivity index (χ0n) is 12.1. The molecule has 2 atom stereocenters. The molecule has 0 saturated carbocycles. The monoisotopic (exact) mass is 264 g/mol. The maximum Gasteiger partial charge on any atom is 0.119 e. The zero-order valence-corrected chi connectivity index (χ0v) is 12.1. The fourth-order valence-electron chi connectivity index (χ4n) is 2.41. The van der Waals surface area contributed by atoms with Gasteiger partial charge in [-0.25, -0.2) is 0 Å². The second-order valence-corrected chi connectivity index (χ2v) is 5.84. The lowest BCUT2D eigenvalue weighted by Gasteiger charge is -2.19. The molecule has 1 aromatic carbocycles. The van der Waals surface area contributed by atoms with Crippen LogP contribution in [0.5, 0.6) is 5.75 Å². The molecule has 1 fully saturated rings. The average molecular weight is 264 g/mol. The largest absolute Gasteiger partial charge is 0.491 e. The molecule has 0 aromatic heterocycles. The molecular formula is C16H24O3. The van der Waals surface area contributed by atoms with E-state index in [2.05, 4.69) is 13.8 Å². The van der Waals surface area contributed by atoms with Gasteiger partial charge in [-0.1, -0.05) is 19.1 Å². The Kier molecular flexibility index (Phi) is 4.48. The number of aliphatic hydroxyl groups is 1. The molecule has 19 heavy (non-hydrogen) atoms. The first kappa shape index (κ1) is 14.4. The minimum absolute atomic E-state index is 0.0108. The highest BCUT2D eigenvalue weighted by Crippen LogP contribution is 2.29. The number of ether oxygens (including phenoxy) is 2. The lowest BCUT2D eigenvalue weighted by Crippen LogP contribution is -2.23. The molecule has 2 rings (SSSR count). The second kappa shape index (κ2) is 5.93. The summed E-state index contributed by atoms with van der Waals surface area (Å²) in [4.78, 5) is 0. The summed E-state index contributed by atoms with van der Waals surface area (Å²) in [5, 5.41) is 9.72. The molecule has 1 saturated heterocycles. The predicted molar refractivity (Wildman–Crippen MR) is 75.4 cm³/mol. The molecule has 0 radical (unpaired) electrons. The molecule has 1 heterocycles. The second-order valence-electron chi connectivity index (χ2n) is 5.84. The maximum absolute atomic E-state index is 9.72. The Bertz CT molecular complexity index is 397. The highest BCUT2D eigenvalue weighted by atomic mass is 16.6. The molecule has 1 unspecified atom stereocenters. The molecule has 1 aliphatic heterocycles. The van der Waals surface area contributed by atoms with Gasteiger partial charge in [-0.3, -0.25) is 0 Å². The van der Waals surface area contributed by atoms with Crippen LogP contribution in [0.4, 0.5) is 0 Å². The first-order chi connectivity index (χ1) is 9.00. The lowest BCUT2D eigenvalue weighted by atomic mass is 10.1. The van der Waals surface area contributed by atoms with E-state index in [0.717, 1.165) is 30.6 Å². The van der Waals surface area contributed by atoms with Gasteiger partial charge in [-0.15, -0.1) is 0 Å². The van der Waals surface area contributed by atoms with Crippen molar-refractivity contribution in [2.75, 3.05) is 6.61 Å². The van der Waals surface area contributed by atoms with Crippen molar-refractivity contribution in [3.63, 3.8) is 0 Å². The van der Waals surface area contributed by atoms with Gasteiger partial charge in [-0.05, 0) is 50.8 Å². The third-order valence-corrected chi connectivity index (χ3v) is 3.64. The van der Waals surface area contributed by atoms with Gasteiger partial charge in [0.05, 0.1) is 17.8 Å². The molecule has 3 nitrogen and oxygen atoms in total. The van der Waals surface area contributed by atoms with E-state index in [1.807, 2.05) is 31.2 Å². The van der Waals surface area contributed by atoms with Gasteiger partial charge in [0.25, 0.3) is 0 Å². The van der Waals surface area contributed by atoms with Crippen molar-refractivity contribution in [3.8, 4) is 5.75 Å². The summed E-state index contributed by atoms with van der Waals surface area (Å²) in [5.74, 6) is 0.834. The standard InChI is InChI=1S/C16H24O3/c1-4-15(17)12-5-7-13(8-6-12)18-11-14-9-10-16(2,3)19-14/h5-8,14-15,17H,4,9-11H2,1-3H3/t14?,15-/m0/s1. The smallest absolute Gasteiger partial charge is 0.119 e. The van der Waals surface area contributed by atoms with Crippen LogP contribution in [0.3, 0.4) is 0 Å². The van der Waals surface area contributed by atoms with Crippen molar-refractivity contribution in [1.29, 1.82) is 0 Å². The maximum atomic E-state index is 9.72. The summed E-state index contributed by atoms with van der Waals surface area (Å²) >= 11 is 0. The molecule has 3 heteroatoms.